The van der Waals surface area contributed by atoms with Gasteiger partial charge in [-0.3, -0.25) is 4.99 Å². The van der Waals surface area contributed by atoms with Crippen LogP contribution < -0.4 is 0 Å². The molecule has 0 unspecified atom stereocenters. The second kappa shape index (κ2) is 3.62. The molecule has 0 spiro atoms. The zero-order valence-corrected chi connectivity index (χ0v) is 8.33. The Hall–Kier alpha value is -1.63. The highest BCUT2D eigenvalue weighted by molar-refractivity contribution is 6.11. The molecule has 70 valence electrons. The van der Waals surface area contributed by atoms with Crippen molar-refractivity contribution in [1.29, 1.82) is 0 Å². The summed E-state index contributed by atoms with van der Waals surface area (Å²) >= 11 is 0. The van der Waals surface area contributed by atoms with Crippen molar-refractivity contribution in [3.05, 3.63) is 53.6 Å². The maximum absolute atomic E-state index is 4.25. The highest BCUT2D eigenvalue weighted by atomic mass is 14.7. The summed E-state index contributed by atoms with van der Waals surface area (Å²) in [6.45, 7) is 6.75. The van der Waals surface area contributed by atoms with E-state index >= 15 is 0 Å². The Bertz CT molecular complexity index is 425. The van der Waals surface area contributed by atoms with Crippen LogP contribution in [-0.4, -0.2) is 12.8 Å². The van der Waals surface area contributed by atoms with E-state index in [1.807, 2.05) is 6.21 Å². The number of aryl methyl sites for hydroxylation is 1. The van der Waals surface area contributed by atoms with Gasteiger partial charge in [0.05, 0.1) is 6.54 Å². The Morgan fingerprint density at radius 2 is 2.21 bits per heavy atom. The highest BCUT2D eigenvalue weighted by Crippen LogP contribution is 2.18. The first-order chi connectivity index (χ1) is 6.75. The van der Waals surface area contributed by atoms with E-state index in [4.69, 9.17) is 0 Å². The van der Waals surface area contributed by atoms with Crippen LogP contribution in [0.15, 0.2) is 47.5 Å². The quantitative estimate of drug-likeness (QED) is 0.634. The van der Waals surface area contributed by atoms with Gasteiger partial charge in [-0.15, -0.1) is 0 Å². The van der Waals surface area contributed by atoms with Crippen LogP contribution in [0.2, 0.25) is 0 Å². The molecule has 1 heteroatoms. The third-order valence-electron chi connectivity index (χ3n) is 2.24. The normalized spacial score (nSPS) is 15.5. The van der Waals surface area contributed by atoms with Gasteiger partial charge in [0.2, 0.25) is 0 Å². The topological polar surface area (TPSA) is 12.4 Å². The summed E-state index contributed by atoms with van der Waals surface area (Å²) in [5.41, 5.74) is 4.72. The molecule has 2 rings (SSSR count). The zero-order valence-electron chi connectivity index (χ0n) is 8.33. The highest BCUT2D eigenvalue weighted by Gasteiger charge is 2.03. The van der Waals surface area contributed by atoms with Crippen LogP contribution in [0.25, 0.3) is 5.57 Å². The van der Waals surface area contributed by atoms with Gasteiger partial charge in [-0.05, 0) is 29.7 Å². The first-order valence-electron chi connectivity index (χ1n) is 4.72. The van der Waals surface area contributed by atoms with Crippen molar-refractivity contribution in [1.82, 2.24) is 0 Å². The van der Waals surface area contributed by atoms with Gasteiger partial charge in [0.25, 0.3) is 0 Å². The molecule has 0 aromatic heterocycles. The molecule has 14 heavy (non-hydrogen) atoms. The summed E-state index contributed by atoms with van der Waals surface area (Å²) in [7, 11) is 0. The average molecular weight is 183 g/mol. The molecule has 1 heterocycles. The number of hydrogen-bond acceptors (Lipinski definition) is 1. The van der Waals surface area contributed by atoms with Crippen LogP contribution in [-0.2, 0) is 0 Å². The molecule has 0 atom stereocenters. The van der Waals surface area contributed by atoms with Gasteiger partial charge < -0.3 is 0 Å². The number of dihydropyridines is 1. The lowest BCUT2D eigenvalue weighted by atomic mass is 10.0. The predicted octanol–water partition coefficient (Wildman–Crippen LogP) is 3.02. The van der Waals surface area contributed by atoms with Crippen LogP contribution in [0.4, 0.5) is 0 Å². The van der Waals surface area contributed by atoms with Crippen LogP contribution in [0, 0.1) is 6.92 Å². The summed E-state index contributed by atoms with van der Waals surface area (Å²) in [5, 5.41) is 0. The molecule has 0 fully saturated rings. The van der Waals surface area contributed by atoms with Crippen LogP contribution >= 0.6 is 0 Å². The first kappa shape index (κ1) is 8.95. The van der Waals surface area contributed by atoms with Gasteiger partial charge in [0, 0.05) is 6.21 Å². The maximum Gasteiger partial charge on any atom is 0.0634 e. The Labute approximate surface area is 84.5 Å². The van der Waals surface area contributed by atoms with E-state index in [9.17, 15) is 0 Å². The van der Waals surface area contributed by atoms with Crippen molar-refractivity contribution in [2.24, 2.45) is 4.99 Å². The van der Waals surface area contributed by atoms with E-state index in [1.165, 1.54) is 11.1 Å². The Balaban J connectivity index is 2.40. The molecule has 0 N–H and O–H groups in total. The second-order valence-electron chi connectivity index (χ2n) is 3.60. The third kappa shape index (κ3) is 1.82. The van der Waals surface area contributed by atoms with E-state index in [-0.39, 0.29) is 0 Å². The number of rotatable bonds is 1. The smallest absolute Gasteiger partial charge is 0.0634 e. The fourth-order valence-electron chi connectivity index (χ4n) is 1.55. The maximum atomic E-state index is 4.25. The molecule has 1 nitrogen and oxygen atoms in total. The van der Waals surface area contributed by atoms with Gasteiger partial charge in [0.1, 0.15) is 0 Å². The average Bonchev–Trinajstić information content (AvgIpc) is 2.18. The SMILES string of the molecule is C=C1C=C(c2cccc(C)c2)C=NC1. The molecule has 1 aromatic rings. The minimum atomic E-state index is 0.731. The molecular weight excluding hydrogens is 170 g/mol. The fraction of sp³-hybridized carbons (Fsp3) is 0.154. The third-order valence-corrected chi connectivity index (χ3v) is 2.24. The standard InChI is InChI=1S/C13H13N/c1-10-4-3-5-12(6-10)13-7-11(2)8-14-9-13/h3-7,9H,2,8H2,1H3. The molecule has 0 saturated carbocycles. The van der Waals surface area contributed by atoms with Crippen molar-refractivity contribution in [3.8, 4) is 0 Å². The van der Waals surface area contributed by atoms with Crippen molar-refractivity contribution in [2.75, 3.05) is 6.54 Å². The number of allylic oxidation sites excluding steroid dienone is 1. The predicted molar refractivity (Wildman–Crippen MR) is 61.7 cm³/mol. The van der Waals surface area contributed by atoms with E-state index in [1.54, 1.807) is 0 Å². The van der Waals surface area contributed by atoms with E-state index in [0.29, 0.717) is 0 Å². The molecule has 0 radical (unpaired) electrons. The van der Waals surface area contributed by atoms with Gasteiger partial charge >= 0.3 is 0 Å². The van der Waals surface area contributed by atoms with E-state index < -0.39 is 0 Å². The molecule has 0 aliphatic carbocycles. The summed E-state index contributed by atoms with van der Waals surface area (Å²) in [5.74, 6) is 0. The summed E-state index contributed by atoms with van der Waals surface area (Å²) in [4.78, 5) is 4.25. The summed E-state index contributed by atoms with van der Waals surface area (Å²) in [6.07, 6.45) is 4.02. The van der Waals surface area contributed by atoms with Crippen molar-refractivity contribution < 1.29 is 0 Å². The van der Waals surface area contributed by atoms with E-state index in [0.717, 1.165) is 17.7 Å². The Morgan fingerprint density at radius 3 is 2.93 bits per heavy atom. The number of benzene rings is 1. The summed E-state index contributed by atoms with van der Waals surface area (Å²) < 4.78 is 0. The zero-order chi connectivity index (χ0) is 9.97. The molecule has 1 aromatic carbocycles. The first-order valence-corrected chi connectivity index (χ1v) is 4.72. The lowest BCUT2D eigenvalue weighted by Gasteiger charge is -2.08. The van der Waals surface area contributed by atoms with Gasteiger partial charge in [-0.2, -0.15) is 0 Å². The molecule has 1 aliphatic rings. The largest absolute Gasteiger partial charge is 0.288 e. The van der Waals surface area contributed by atoms with Crippen molar-refractivity contribution in [3.63, 3.8) is 0 Å². The number of nitrogens with zero attached hydrogens (tertiary/aromatic N) is 1. The monoisotopic (exact) mass is 183 g/mol. The number of hydrogen-bond donors (Lipinski definition) is 0. The lowest BCUT2D eigenvalue weighted by Crippen LogP contribution is -1.96. The lowest BCUT2D eigenvalue weighted by molar-refractivity contribution is 1.19. The van der Waals surface area contributed by atoms with Gasteiger partial charge in [0.15, 0.2) is 0 Å². The molecule has 0 bridgehead atoms. The van der Waals surface area contributed by atoms with Crippen LogP contribution in [0.1, 0.15) is 11.1 Å². The molecule has 0 saturated heterocycles. The van der Waals surface area contributed by atoms with Gasteiger partial charge in [-0.25, -0.2) is 0 Å². The molecular formula is C13H13N. The van der Waals surface area contributed by atoms with E-state index in [2.05, 4.69) is 48.8 Å². The summed E-state index contributed by atoms with van der Waals surface area (Å²) in [6, 6.07) is 8.43. The Morgan fingerprint density at radius 1 is 1.36 bits per heavy atom. The number of aliphatic imine (C=N–C) groups is 1. The van der Waals surface area contributed by atoms with Crippen molar-refractivity contribution >= 4 is 11.8 Å². The van der Waals surface area contributed by atoms with Crippen molar-refractivity contribution in [2.45, 2.75) is 6.92 Å². The second-order valence-corrected chi connectivity index (χ2v) is 3.60. The van der Waals surface area contributed by atoms with Crippen LogP contribution in [0.3, 0.4) is 0 Å². The van der Waals surface area contributed by atoms with Crippen LogP contribution in [0.5, 0.6) is 0 Å². The molecule has 0 amide bonds. The van der Waals surface area contributed by atoms with Gasteiger partial charge in [-0.1, -0.05) is 36.4 Å². The Kier molecular flexibility index (Phi) is 2.32. The minimum absolute atomic E-state index is 0.731. The minimum Gasteiger partial charge on any atom is -0.288 e. The fourth-order valence-corrected chi connectivity index (χ4v) is 1.55. The molecule has 1 aliphatic heterocycles.